The molecule has 6 rings (SSSR count). The van der Waals surface area contributed by atoms with Crippen molar-refractivity contribution in [2.45, 2.75) is 0 Å². The average Bonchev–Trinajstić information content (AvgIpc) is 2.69. The summed E-state index contributed by atoms with van der Waals surface area (Å²) in [4.78, 5) is 0. The Balaban J connectivity index is 2.01. The Morgan fingerprint density at radius 2 is 1.30 bits per heavy atom. The molecule has 0 aliphatic heterocycles. The molecular weight excluding hydrogens is 400 g/mol. The summed E-state index contributed by atoms with van der Waals surface area (Å²) >= 11 is 3.78. The first-order chi connectivity index (χ1) is 13.2. The molecule has 6 aromatic rings. The molecule has 0 aliphatic carbocycles. The molecule has 0 aromatic heterocycles. The lowest BCUT2D eigenvalue weighted by Gasteiger charge is -2.19. The van der Waals surface area contributed by atoms with Crippen molar-refractivity contribution in [1.29, 1.82) is 0 Å². The maximum absolute atomic E-state index is 5.69. The quantitative estimate of drug-likeness (QED) is 0.222. The van der Waals surface area contributed by atoms with Gasteiger partial charge in [0, 0.05) is 15.2 Å². The molecular formula is C24H15BrO2. The van der Waals surface area contributed by atoms with Gasteiger partial charge in [-0.2, -0.15) is 0 Å². The first-order valence-corrected chi connectivity index (χ1v) is 9.66. The fourth-order valence-corrected chi connectivity index (χ4v) is 5.21. The molecule has 6 aromatic carbocycles. The van der Waals surface area contributed by atoms with Crippen molar-refractivity contribution < 1.29 is 9.47 Å². The van der Waals surface area contributed by atoms with Crippen LogP contribution >= 0.6 is 15.9 Å². The minimum absolute atomic E-state index is 0.888. The summed E-state index contributed by atoms with van der Waals surface area (Å²) in [6, 6.07) is 19.6. The van der Waals surface area contributed by atoms with E-state index in [1.807, 2.05) is 0 Å². The molecule has 0 saturated carbocycles. The van der Waals surface area contributed by atoms with Gasteiger partial charge in [-0.25, -0.2) is 0 Å². The van der Waals surface area contributed by atoms with Crippen LogP contribution in [0.3, 0.4) is 0 Å². The van der Waals surface area contributed by atoms with E-state index in [4.69, 9.17) is 9.47 Å². The van der Waals surface area contributed by atoms with Crippen LogP contribution in [-0.2, 0) is 0 Å². The molecule has 0 bridgehead atoms. The fraction of sp³-hybridized carbons (Fsp3) is 0.0833. The molecule has 0 fully saturated rings. The van der Waals surface area contributed by atoms with Crippen LogP contribution in [0.25, 0.3) is 53.9 Å². The van der Waals surface area contributed by atoms with Crippen LogP contribution in [0.1, 0.15) is 0 Å². The van der Waals surface area contributed by atoms with Gasteiger partial charge >= 0.3 is 0 Å². The molecule has 0 N–H and O–H groups in total. The highest BCUT2D eigenvalue weighted by molar-refractivity contribution is 9.10. The smallest absolute Gasteiger partial charge is 0.126 e. The molecule has 0 spiro atoms. The Bertz CT molecular complexity index is 1500. The van der Waals surface area contributed by atoms with Crippen molar-refractivity contribution in [3.63, 3.8) is 0 Å². The molecule has 0 unspecified atom stereocenters. The third-order valence-corrected chi connectivity index (χ3v) is 6.41. The average molecular weight is 415 g/mol. The van der Waals surface area contributed by atoms with Crippen LogP contribution in [0, 0.1) is 0 Å². The van der Waals surface area contributed by atoms with E-state index in [0.717, 1.165) is 21.4 Å². The van der Waals surface area contributed by atoms with Crippen LogP contribution < -0.4 is 9.47 Å². The Labute approximate surface area is 164 Å². The molecule has 0 radical (unpaired) electrons. The minimum atomic E-state index is 0.888. The number of rotatable bonds is 2. The minimum Gasteiger partial charge on any atom is -0.497 e. The Morgan fingerprint density at radius 3 is 2.07 bits per heavy atom. The van der Waals surface area contributed by atoms with Gasteiger partial charge in [-0.15, -0.1) is 0 Å². The number of ether oxygens (including phenoxy) is 2. The lowest BCUT2D eigenvalue weighted by atomic mass is 9.86. The Hall–Kier alpha value is -2.78. The molecule has 0 heterocycles. The molecule has 3 heteroatoms. The van der Waals surface area contributed by atoms with Gasteiger partial charge in [0.05, 0.1) is 14.2 Å². The van der Waals surface area contributed by atoms with E-state index in [1.165, 1.54) is 48.5 Å². The van der Waals surface area contributed by atoms with Crippen LogP contribution in [0.15, 0.2) is 59.1 Å². The SMILES string of the molecule is COc1cc2ccc3cc4c(OC)ccc5c(Br)cc6cc(c1)c2c3c6c54. The van der Waals surface area contributed by atoms with Gasteiger partial charge < -0.3 is 9.47 Å². The highest BCUT2D eigenvalue weighted by atomic mass is 79.9. The van der Waals surface area contributed by atoms with Crippen LogP contribution in [0.2, 0.25) is 0 Å². The highest BCUT2D eigenvalue weighted by Gasteiger charge is 2.19. The number of methoxy groups -OCH3 is 2. The summed E-state index contributed by atoms with van der Waals surface area (Å²) in [5, 5.41) is 12.4. The van der Waals surface area contributed by atoms with Crippen molar-refractivity contribution in [2.75, 3.05) is 14.2 Å². The first kappa shape index (κ1) is 15.3. The lowest BCUT2D eigenvalue weighted by Crippen LogP contribution is -1.93. The van der Waals surface area contributed by atoms with Crippen LogP contribution in [0.5, 0.6) is 11.5 Å². The van der Waals surface area contributed by atoms with E-state index in [9.17, 15) is 0 Å². The number of hydrogen-bond donors (Lipinski definition) is 0. The zero-order chi connectivity index (χ0) is 18.3. The maximum Gasteiger partial charge on any atom is 0.126 e. The van der Waals surface area contributed by atoms with Crippen molar-refractivity contribution in [3.8, 4) is 11.5 Å². The van der Waals surface area contributed by atoms with E-state index in [-0.39, 0.29) is 0 Å². The second kappa shape index (κ2) is 5.14. The summed E-state index contributed by atoms with van der Waals surface area (Å²) in [6.07, 6.45) is 0. The molecule has 0 atom stereocenters. The number of hydrogen-bond acceptors (Lipinski definition) is 2. The van der Waals surface area contributed by atoms with Crippen molar-refractivity contribution in [3.05, 3.63) is 59.1 Å². The highest BCUT2D eigenvalue weighted by Crippen LogP contribution is 2.47. The van der Waals surface area contributed by atoms with E-state index in [0.29, 0.717) is 0 Å². The van der Waals surface area contributed by atoms with Crippen LogP contribution in [-0.4, -0.2) is 14.2 Å². The zero-order valence-corrected chi connectivity index (χ0v) is 16.5. The largest absolute Gasteiger partial charge is 0.497 e. The summed E-state index contributed by atoms with van der Waals surface area (Å²) in [7, 11) is 3.46. The third-order valence-electron chi connectivity index (χ3n) is 5.75. The van der Waals surface area contributed by atoms with E-state index < -0.39 is 0 Å². The normalized spacial score (nSPS) is 12.3. The molecule has 0 amide bonds. The van der Waals surface area contributed by atoms with E-state index in [1.54, 1.807) is 14.2 Å². The van der Waals surface area contributed by atoms with Crippen molar-refractivity contribution in [2.24, 2.45) is 0 Å². The summed E-state index contributed by atoms with van der Waals surface area (Å²) in [6.45, 7) is 0. The summed E-state index contributed by atoms with van der Waals surface area (Å²) < 4.78 is 12.3. The summed E-state index contributed by atoms with van der Waals surface area (Å²) in [5.41, 5.74) is 0. The van der Waals surface area contributed by atoms with Gasteiger partial charge in [-0.3, -0.25) is 0 Å². The maximum atomic E-state index is 5.69. The summed E-state index contributed by atoms with van der Waals surface area (Å²) in [5.74, 6) is 1.80. The van der Waals surface area contributed by atoms with Gasteiger partial charge in [0.1, 0.15) is 11.5 Å². The van der Waals surface area contributed by atoms with Gasteiger partial charge in [-0.05, 0) is 85.6 Å². The zero-order valence-electron chi connectivity index (χ0n) is 14.9. The second-order valence-corrected chi connectivity index (χ2v) is 7.91. The van der Waals surface area contributed by atoms with Gasteiger partial charge in [0.15, 0.2) is 0 Å². The van der Waals surface area contributed by atoms with Crippen molar-refractivity contribution >= 4 is 69.8 Å². The predicted molar refractivity (Wildman–Crippen MR) is 117 cm³/mol. The van der Waals surface area contributed by atoms with E-state index in [2.05, 4.69) is 70.5 Å². The standard InChI is InChI=1S/C24H15BrO2/c1-26-16-8-12-3-4-13-10-18-20(27-2)6-5-17-19(25)11-15-7-14(9-16)21(12)22(13)23(15)24(17)18/h3-11H,1-2H3. The van der Waals surface area contributed by atoms with Gasteiger partial charge in [-0.1, -0.05) is 28.1 Å². The second-order valence-electron chi connectivity index (χ2n) is 7.06. The third kappa shape index (κ3) is 1.85. The van der Waals surface area contributed by atoms with Crippen LogP contribution in [0.4, 0.5) is 0 Å². The van der Waals surface area contributed by atoms with E-state index >= 15 is 0 Å². The van der Waals surface area contributed by atoms with Gasteiger partial charge in [0.2, 0.25) is 0 Å². The molecule has 2 nitrogen and oxygen atoms in total. The number of halogens is 1. The Morgan fingerprint density at radius 1 is 0.593 bits per heavy atom. The lowest BCUT2D eigenvalue weighted by molar-refractivity contribution is 0.416. The van der Waals surface area contributed by atoms with Crippen molar-refractivity contribution in [1.82, 2.24) is 0 Å². The topological polar surface area (TPSA) is 18.5 Å². The van der Waals surface area contributed by atoms with Gasteiger partial charge in [0.25, 0.3) is 0 Å². The number of benzene rings is 6. The first-order valence-electron chi connectivity index (χ1n) is 8.87. The molecule has 130 valence electrons. The Kier molecular flexibility index (Phi) is 2.91. The molecule has 0 aliphatic rings. The molecule has 27 heavy (non-hydrogen) atoms. The fourth-order valence-electron chi connectivity index (χ4n) is 4.63. The predicted octanol–water partition coefficient (Wildman–Crippen LogP) is 7.11. The molecule has 0 saturated heterocycles. The monoisotopic (exact) mass is 414 g/mol.